The Morgan fingerprint density at radius 2 is 1.86 bits per heavy atom. The summed E-state index contributed by atoms with van der Waals surface area (Å²) in [5.74, 6) is -7.76. The van der Waals surface area contributed by atoms with E-state index < -0.39 is 66.2 Å². The van der Waals surface area contributed by atoms with Crippen molar-refractivity contribution in [1.82, 2.24) is 20.6 Å². The molecule has 1 aromatic heterocycles. The normalized spacial score (nSPS) is 18.7. The molecule has 2 unspecified atom stereocenters. The summed E-state index contributed by atoms with van der Waals surface area (Å²) < 4.78 is 56.5. The van der Waals surface area contributed by atoms with Crippen LogP contribution in [0.4, 0.5) is 29.2 Å². The number of aromatic nitrogens is 2. The van der Waals surface area contributed by atoms with Crippen molar-refractivity contribution in [2.75, 3.05) is 22.9 Å². The maximum absolute atomic E-state index is 14.6. The van der Waals surface area contributed by atoms with Gasteiger partial charge in [-0.3, -0.25) is 24.2 Å². The van der Waals surface area contributed by atoms with Gasteiger partial charge in [0.2, 0.25) is 17.8 Å². The number of piperazine rings is 1. The number of anilines is 2. The molecule has 43 heavy (non-hydrogen) atoms. The minimum Gasteiger partial charge on any atom is -0.351 e. The van der Waals surface area contributed by atoms with Gasteiger partial charge in [-0.15, -0.1) is 0 Å². The Balaban J connectivity index is 1.65. The predicted octanol–water partition coefficient (Wildman–Crippen LogP) is 2.93. The van der Waals surface area contributed by atoms with E-state index in [0.717, 1.165) is 21.9 Å². The van der Waals surface area contributed by atoms with Crippen LogP contribution in [0.2, 0.25) is 0 Å². The van der Waals surface area contributed by atoms with Crippen LogP contribution in [0.15, 0.2) is 54.7 Å². The van der Waals surface area contributed by atoms with Crippen LogP contribution in [0, 0.1) is 29.9 Å². The maximum Gasteiger partial charge on any atom is 0.252 e. The lowest BCUT2D eigenvalue weighted by Crippen LogP contribution is -2.63. The molecule has 3 aromatic rings. The number of nitrogens with zero attached hydrogens (tertiary/aromatic N) is 5. The van der Waals surface area contributed by atoms with Gasteiger partial charge in [-0.1, -0.05) is 24.3 Å². The molecule has 222 valence electrons. The van der Waals surface area contributed by atoms with Gasteiger partial charge in [-0.2, -0.15) is 5.26 Å². The molecule has 3 amide bonds. The zero-order valence-electron chi connectivity index (χ0n) is 22.7. The number of benzene rings is 2. The summed E-state index contributed by atoms with van der Waals surface area (Å²) >= 11 is 0. The molecule has 1 aliphatic heterocycles. The number of nitriles is 1. The largest absolute Gasteiger partial charge is 0.351 e. The van der Waals surface area contributed by atoms with E-state index in [-0.39, 0.29) is 36.0 Å². The summed E-state index contributed by atoms with van der Waals surface area (Å²) in [4.78, 5) is 51.5. The number of alkyl halides is 2. The van der Waals surface area contributed by atoms with E-state index in [0.29, 0.717) is 11.6 Å². The Bertz CT molecular complexity index is 1600. The SMILES string of the molecule is Cc1ccccc1C(C(=O)NC1CC(F)(F)C1)N(C(=O)C1CNCC(=O)N1c1nccc(C#N)n1)c1cc(F)cc(F)c1. The highest BCUT2D eigenvalue weighted by Gasteiger charge is 2.48. The number of halogens is 4. The molecule has 2 fully saturated rings. The van der Waals surface area contributed by atoms with Crippen LogP contribution in [0.25, 0.3) is 0 Å². The average Bonchev–Trinajstić information content (AvgIpc) is 2.94. The zero-order chi connectivity index (χ0) is 30.9. The number of amides is 3. The summed E-state index contributed by atoms with van der Waals surface area (Å²) in [7, 11) is 0. The third kappa shape index (κ3) is 6.17. The number of nitrogens with one attached hydrogen (secondary N) is 2. The third-order valence-electron chi connectivity index (χ3n) is 7.24. The summed E-state index contributed by atoms with van der Waals surface area (Å²) in [5, 5.41) is 14.7. The lowest BCUT2D eigenvalue weighted by atomic mass is 9.87. The van der Waals surface area contributed by atoms with Gasteiger partial charge in [0, 0.05) is 37.7 Å². The van der Waals surface area contributed by atoms with E-state index in [1.165, 1.54) is 18.3 Å². The Hall–Kier alpha value is -4.90. The molecule has 1 saturated carbocycles. The van der Waals surface area contributed by atoms with Crippen molar-refractivity contribution in [3.63, 3.8) is 0 Å². The van der Waals surface area contributed by atoms with Gasteiger partial charge in [-0.25, -0.2) is 27.5 Å². The van der Waals surface area contributed by atoms with E-state index >= 15 is 0 Å². The van der Waals surface area contributed by atoms with E-state index in [2.05, 4.69) is 20.6 Å². The Labute approximate surface area is 243 Å². The fraction of sp³-hybridized carbons (Fsp3) is 0.310. The van der Waals surface area contributed by atoms with Crippen molar-refractivity contribution in [2.45, 2.75) is 43.8 Å². The second kappa shape index (κ2) is 11.8. The molecule has 2 aliphatic rings. The molecule has 10 nitrogen and oxygen atoms in total. The average molecular weight is 596 g/mol. The number of rotatable bonds is 7. The first-order valence-corrected chi connectivity index (χ1v) is 13.3. The molecule has 1 saturated heterocycles. The highest BCUT2D eigenvalue weighted by atomic mass is 19.3. The lowest BCUT2D eigenvalue weighted by molar-refractivity contribution is -0.133. The molecular formula is C29H25F4N7O3. The van der Waals surface area contributed by atoms with Gasteiger partial charge in [0.15, 0.2) is 0 Å². The van der Waals surface area contributed by atoms with E-state index in [4.69, 9.17) is 0 Å². The molecule has 5 rings (SSSR count). The van der Waals surface area contributed by atoms with Crippen LogP contribution < -0.4 is 20.4 Å². The second-order valence-corrected chi connectivity index (χ2v) is 10.3. The second-order valence-electron chi connectivity index (χ2n) is 10.3. The molecule has 14 heteroatoms. The van der Waals surface area contributed by atoms with Crippen molar-refractivity contribution in [2.24, 2.45) is 0 Å². The van der Waals surface area contributed by atoms with Crippen LogP contribution in [0.3, 0.4) is 0 Å². The molecular weight excluding hydrogens is 570 g/mol. The summed E-state index contributed by atoms with van der Waals surface area (Å²) in [5.41, 5.74) is 0.347. The topological polar surface area (TPSA) is 131 Å². The summed E-state index contributed by atoms with van der Waals surface area (Å²) in [6.45, 7) is 1.27. The van der Waals surface area contributed by atoms with Crippen molar-refractivity contribution < 1.29 is 31.9 Å². The first-order valence-electron chi connectivity index (χ1n) is 13.3. The molecule has 2 heterocycles. The van der Waals surface area contributed by atoms with Crippen LogP contribution in [-0.2, 0) is 14.4 Å². The van der Waals surface area contributed by atoms with Gasteiger partial charge in [0.05, 0.1) is 12.2 Å². The smallest absolute Gasteiger partial charge is 0.252 e. The van der Waals surface area contributed by atoms with Crippen molar-refractivity contribution >= 4 is 29.4 Å². The summed E-state index contributed by atoms with van der Waals surface area (Å²) in [6.07, 6.45) is 0.0156. The lowest BCUT2D eigenvalue weighted by Gasteiger charge is -2.41. The van der Waals surface area contributed by atoms with Gasteiger partial charge < -0.3 is 10.6 Å². The molecule has 0 spiro atoms. The molecule has 2 aromatic carbocycles. The molecule has 1 aliphatic carbocycles. The van der Waals surface area contributed by atoms with Crippen molar-refractivity contribution in [1.29, 1.82) is 5.26 Å². The molecule has 0 bridgehead atoms. The first-order chi connectivity index (χ1) is 20.5. The van der Waals surface area contributed by atoms with Gasteiger partial charge in [0.25, 0.3) is 11.8 Å². The van der Waals surface area contributed by atoms with E-state index in [1.807, 2.05) is 6.07 Å². The van der Waals surface area contributed by atoms with Gasteiger partial charge >= 0.3 is 0 Å². The molecule has 2 N–H and O–H groups in total. The number of carbonyl (C=O) groups excluding carboxylic acids is 3. The fourth-order valence-electron chi connectivity index (χ4n) is 5.22. The number of hydrogen-bond acceptors (Lipinski definition) is 7. The molecule has 2 atom stereocenters. The van der Waals surface area contributed by atoms with Crippen molar-refractivity contribution in [3.05, 3.63) is 83.2 Å². The summed E-state index contributed by atoms with van der Waals surface area (Å²) in [6, 6.07) is 7.97. The monoisotopic (exact) mass is 595 g/mol. The van der Waals surface area contributed by atoms with Crippen LogP contribution in [0.1, 0.15) is 35.7 Å². The standard InChI is InChI=1S/C29H25F4N7O3/c1-16-4-2-3-5-22(16)25(26(42)37-20-11-29(32,33)12-20)39(21-9-17(30)8-18(31)10-21)27(43)23-14-35-15-24(41)40(23)28-36-7-6-19(13-34)38-28/h2-10,20,23,25,35H,11-12,14-15H2,1H3,(H,37,42). The maximum atomic E-state index is 14.6. The quantitative estimate of drug-likeness (QED) is 0.402. The Morgan fingerprint density at radius 1 is 1.16 bits per heavy atom. The van der Waals surface area contributed by atoms with Crippen LogP contribution in [-0.4, -0.2) is 58.8 Å². The zero-order valence-corrected chi connectivity index (χ0v) is 22.7. The third-order valence-corrected chi connectivity index (χ3v) is 7.24. The van der Waals surface area contributed by atoms with Gasteiger partial charge in [-0.05, 0) is 36.2 Å². The van der Waals surface area contributed by atoms with Gasteiger partial charge in [0.1, 0.15) is 35.5 Å². The fourth-order valence-corrected chi connectivity index (χ4v) is 5.22. The van der Waals surface area contributed by atoms with Crippen LogP contribution in [0.5, 0.6) is 0 Å². The Kier molecular flexibility index (Phi) is 8.10. The van der Waals surface area contributed by atoms with E-state index in [1.54, 1.807) is 25.1 Å². The molecule has 0 radical (unpaired) electrons. The predicted molar refractivity (Wildman–Crippen MR) is 145 cm³/mol. The Morgan fingerprint density at radius 3 is 2.51 bits per heavy atom. The highest BCUT2D eigenvalue weighted by molar-refractivity contribution is 6.09. The van der Waals surface area contributed by atoms with Crippen molar-refractivity contribution in [3.8, 4) is 6.07 Å². The number of carbonyl (C=O) groups is 3. The van der Waals surface area contributed by atoms with E-state index in [9.17, 15) is 37.2 Å². The minimum atomic E-state index is -2.95. The number of hydrogen-bond donors (Lipinski definition) is 2. The number of aryl methyl sites for hydroxylation is 1. The first kappa shape index (κ1) is 29.6. The minimum absolute atomic E-state index is 0.0824. The highest BCUT2D eigenvalue weighted by Crippen LogP contribution is 2.39. The van der Waals surface area contributed by atoms with Crippen LogP contribution >= 0.6 is 0 Å².